The molecule has 4 nitrogen and oxygen atoms in total. The van der Waals surface area contributed by atoms with Crippen LogP contribution < -0.4 is 11.5 Å². The number of nitrogens with two attached hydrogens (primary N) is 1. The highest BCUT2D eigenvalue weighted by Crippen LogP contribution is 1.69. The van der Waals surface area contributed by atoms with Crippen molar-refractivity contribution in [1.29, 1.82) is 0 Å². The summed E-state index contributed by atoms with van der Waals surface area (Å²) in [5.41, 5.74) is 11.1. The Hall–Kier alpha value is -0.610. The van der Waals surface area contributed by atoms with Gasteiger partial charge in [0.05, 0.1) is 6.61 Å². The summed E-state index contributed by atoms with van der Waals surface area (Å²) in [5.74, 6) is -0.928. The van der Waals surface area contributed by atoms with Crippen LogP contribution in [-0.2, 0) is 4.79 Å². The number of carbonyl (C=O) groups is 1. The van der Waals surface area contributed by atoms with Crippen molar-refractivity contribution in [2.24, 2.45) is 5.73 Å². The lowest BCUT2D eigenvalue weighted by Gasteiger charge is -1.96. The summed E-state index contributed by atoms with van der Waals surface area (Å²) in [6.07, 6.45) is 0. The molecule has 0 unspecified atom stereocenters. The zero-order chi connectivity index (χ0) is 5.86. The summed E-state index contributed by atoms with van der Waals surface area (Å²) in [4.78, 5) is 9.76. The van der Waals surface area contributed by atoms with E-state index < -0.39 is 18.6 Å². The molecule has 0 aliphatic carbocycles. The fourth-order valence-corrected chi connectivity index (χ4v) is 0.0829. The molecule has 4 heteroatoms. The molecule has 1 amide bonds. The van der Waals surface area contributed by atoms with Crippen LogP contribution in [0.4, 0.5) is 0 Å². The van der Waals surface area contributed by atoms with Crippen LogP contribution in [0.5, 0.6) is 0 Å². The molecular weight excluding hydrogens is 96.0 g/mol. The fraction of sp³-hybridized carbons (Fsp3) is 0.667. The van der Waals surface area contributed by atoms with Gasteiger partial charge in [-0.2, -0.15) is 0 Å². The van der Waals surface area contributed by atoms with E-state index in [1.807, 2.05) is 0 Å². The maximum Gasteiger partial charge on any atom is 0.257 e. The lowest BCUT2D eigenvalue weighted by atomic mass is 10.3. The van der Waals surface area contributed by atoms with Gasteiger partial charge in [0.1, 0.15) is 6.04 Å². The van der Waals surface area contributed by atoms with Crippen molar-refractivity contribution < 1.29 is 9.90 Å². The maximum absolute atomic E-state index is 9.76. The SMILES string of the molecule is [NH]C(=O)[C@@H](N)CO. The van der Waals surface area contributed by atoms with Crippen molar-refractivity contribution in [3.63, 3.8) is 0 Å². The summed E-state index contributed by atoms with van der Waals surface area (Å²) >= 11 is 0. The second kappa shape index (κ2) is 2.54. The van der Waals surface area contributed by atoms with Crippen LogP contribution in [0.1, 0.15) is 0 Å². The molecule has 1 radical (unpaired) electrons. The van der Waals surface area contributed by atoms with Crippen LogP contribution in [0.3, 0.4) is 0 Å². The molecule has 0 saturated carbocycles. The Labute approximate surface area is 41.1 Å². The van der Waals surface area contributed by atoms with E-state index in [0.29, 0.717) is 0 Å². The second-order valence-electron chi connectivity index (χ2n) is 1.15. The van der Waals surface area contributed by atoms with E-state index in [-0.39, 0.29) is 0 Å². The minimum atomic E-state index is -1.01. The Morgan fingerprint density at radius 3 is 2.43 bits per heavy atom. The molecule has 4 N–H and O–H groups in total. The van der Waals surface area contributed by atoms with Crippen molar-refractivity contribution in [3.05, 3.63) is 0 Å². The van der Waals surface area contributed by atoms with Crippen molar-refractivity contribution >= 4 is 5.91 Å². The number of carbonyl (C=O) groups excluding carboxylic acids is 1. The molecule has 41 valence electrons. The molecule has 0 spiro atoms. The van der Waals surface area contributed by atoms with Crippen LogP contribution in [-0.4, -0.2) is 23.7 Å². The predicted molar refractivity (Wildman–Crippen MR) is 23.2 cm³/mol. The maximum atomic E-state index is 9.76. The van der Waals surface area contributed by atoms with E-state index in [0.717, 1.165) is 0 Å². The van der Waals surface area contributed by atoms with Crippen molar-refractivity contribution in [2.75, 3.05) is 6.61 Å². The molecule has 1 atom stereocenters. The lowest BCUT2D eigenvalue weighted by Crippen LogP contribution is -2.34. The van der Waals surface area contributed by atoms with Crippen LogP contribution in [0.25, 0.3) is 0 Å². The molecule has 7 heavy (non-hydrogen) atoms. The number of nitrogens with one attached hydrogen (secondary N) is 1. The van der Waals surface area contributed by atoms with E-state index in [1.54, 1.807) is 0 Å². The summed E-state index contributed by atoms with van der Waals surface area (Å²) < 4.78 is 0. The van der Waals surface area contributed by atoms with Gasteiger partial charge in [0, 0.05) is 0 Å². The first-order valence-corrected chi connectivity index (χ1v) is 1.80. The topological polar surface area (TPSA) is 87.1 Å². The Kier molecular flexibility index (Phi) is 2.32. The van der Waals surface area contributed by atoms with Crippen molar-refractivity contribution in [1.82, 2.24) is 5.73 Å². The van der Waals surface area contributed by atoms with E-state index in [2.05, 4.69) is 0 Å². The van der Waals surface area contributed by atoms with Crippen LogP contribution in [0, 0.1) is 0 Å². The highest BCUT2D eigenvalue weighted by molar-refractivity contribution is 5.78. The molecule has 0 saturated heterocycles. The van der Waals surface area contributed by atoms with Gasteiger partial charge < -0.3 is 10.8 Å². The summed E-state index contributed by atoms with van der Waals surface area (Å²) in [6.45, 7) is -0.442. The highest BCUT2D eigenvalue weighted by Gasteiger charge is 2.05. The van der Waals surface area contributed by atoms with Gasteiger partial charge in [-0.05, 0) is 0 Å². The molecule has 0 rings (SSSR count). The average Bonchev–Trinajstić information content (AvgIpc) is 1.65. The standard InChI is InChI=1S/C3H7N2O2/c4-2(1-6)3(5)7/h2,5-6H,1,4H2/t2-/m0/s1. The molecule has 0 heterocycles. The van der Waals surface area contributed by atoms with Gasteiger partial charge in [0.15, 0.2) is 0 Å². The van der Waals surface area contributed by atoms with Crippen LogP contribution >= 0.6 is 0 Å². The van der Waals surface area contributed by atoms with E-state index in [4.69, 9.17) is 16.6 Å². The van der Waals surface area contributed by atoms with Crippen LogP contribution in [0.15, 0.2) is 0 Å². The molecule has 0 bridgehead atoms. The minimum Gasteiger partial charge on any atom is -0.394 e. The highest BCUT2D eigenvalue weighted by atomic mass is 16.3. The molecule has 0 aromatic carbocycles. The van der Waals surface area contributed by atoms with E-state index in [9.17, 15) is 4.79 Å². The zero-order valence-corrected chi connectivity index (χ0v) is 3.72. The van der Waals surface area contributed by atoms with Gasteiger partial charge in [-0.15, -0.1) is 0 Å². The summed E-state index contributed by atoms with van der Waals surface area (Å²) in [5, 5.41) is 8.04. The number of hydrogen-bond acceptors (Lipinski definition) is 3. The number of amides is 1. The van der Waals surface area contributed by atoms with Crippen LogP contribution in [0.2, 0.25) is 0 Å². The third-order valence-electron chi connectivity index (χ3n) is 0.533. The average molecular weight is 103 g/mol. The van der Waals surface area contributed by atoms with Gasteiger partial charge >= 0.3 is 0 Å². The Balaban J connectivity index is 3.34. The summed E-state index contributed by atoms with van der Waals surface area (Å²) in [6, 6.07) is -1.01. The molecule has 0 aliphatic rings. The number of rotatable bonds is 2. The van der Waals surface area contributed by atoms with Gasteiger partial charge in [0.25, 0.3) is 5.91 Å². The van der Waals surface area contributed by atoms with E-state index in [1.165, 1.54) is 0 Å². The first-order chi connectivity index (χ1) is 3.18. The van der Waals surface area contributed by atoms with E-state index >= 15 is 0 Å². The quantitative estimate of drug-likeness (QED) is 0.428. The number of hydrogen-bond donors (Lipinski definition) is 2. The van der Waals surface area contributed by atoms with Crippen molar-refractivity contribution in [3.8, 4) is 0 Å². The molecular formula is C3H7N2O2. The van der Waals surface area contributed by atoms with Crippen molar-refractivity contribution in [2.45, 2.75) is 6.04 Å². The largest absolute Gasteiger partial charge is 0.394 e. The second-order valence-corrected chi connectivity index (χ2v) is 1.15. The smallest absolute Gasteiger partial charge is 0.257 e. The zero-order valence-electron chi connectivity index (χ0n) is 3.72. The Morgan fingerprint density at radius 2 is 2.43 bits per heavy atom. The normalized spacial score (nSPS) is 13.4. The minimum absolute atomic E-state index is 0.442. The molecule has 0 aliphatic heterocycles. The third-order valence-corrected chi connectivity index (χ3v) is 0.533. The summed E-state index contributed by atoms with van der Waals surface area (Å²) in [7, 11) is 0. The first-order valence-electron chi connectivity index (χ1n) is 1.80. The predicted octanol–water partition coefficient (Wildman–Crippen LogP) is -1.88. The lowest BCUT2D eigenvalue weighted by molar-refractivity contribution is -0.120. The Morgan fingerprint density at radius 1 is 2.00 bits per heavy atom. The Bertz CT molecular complexity index is 73.3. The number of aliphatic hydroxyl groups is 1. The van der Waals surface area contributed by atoms with Gasteiger partial charge in [0.2, 0.25) is 0 Å². The third kappa shape index (κ3) is 2.13. The molecule has 0 aromatic heterocycles. The van der Waals surface area contributed by atoms with Gasteiger partial charge in [-0.1, -0.05) is 0 Å². The molecule has 0 aromatic rings. The monoisotopic (exact) mass is 103 g/mol. The van der Waals surface area contributed by atoms with Gasteiger partial charge in [-0.3, -0.25) is 10.5 Å². The fourth-order valence-electron chi connectivity index (χ4n) is 0.0829. The molecule has 0 fully saturated rings. The number of aliphatic hydroxyl groups excluding tert-OH is 1. The first kappa shape index (κ1) is 6.39. The van der Waals surface area contributed by atoms with Gasteiger partial charge in [-0.25, -0.2) is 0 Å².